The van der Waals surface area contributed by atoms with Crippen molar-refractivity contribution in [2.75, 3.05) is 11.5 Å². The minimum atomic E-state index is 1.07. The van der Waals surface area contributed by atoms with E-state index in [1.807, 2.05) is 0 Å². The quantitative estimate of drug-likeness (QED) is 0.397. The van der Waals surface area contributed by atoms with Crippen LogP contribution in [0.25, 0.3) is 0 Å². The van der Waals surface area contributed by atoms with Gasteiger partial charge in [0.2, 0.25) is 0 Å². The molecule has 0 aromatic heterocycles. The average molecular weight is 287 g/mol. The summed E-state index contributed by atoms with van der Waals surface area (Å²) in [6, 6.07) is 0. The fourth-order valence-electron chi connectivity index (χ4n) is 3.50. The third-order valence-electron chi connectivity index (χ3n) is 4.75. The second-order valence-electron chi connectivity index (χ2n) is 6.23. The van der Waals surface area contributed by atoms with Crippen LogP contribution in [0.15, 0.2) is 0 Å². The van der Waals surface area contributed by atoms with E-state index in [0.717, 1.165) is 11.8 Å². The topological polar surface area (TPSA) is 0 Å². The minimum Gasteiger partial charge on any atom is -0.0941 e. The summed E-state index contributed by atoms with van der Waals surface area (Å²) in [7, 11) is 4.30. The van der Waals surface area contributed by atoms with Gasteiger partial charge in [0.1, 0.15) is 0 Å². The molecule has 0 heterocycles. The fraction of sp³-hybridized carbons (Fsp3) is 1.00. The van der Waals surface area contributed by atoms with Crippen molar-refractivity contribution in [2.45, 2.75) is 77.0 Å². The molecule has 0 spiro atoms. The van der Waals surface area contributed by atoms with Crippen LogP contribution in [0.5, 0.6) is 0 Å². The highest BCUT2D eigenvalue weighted by Gasteiger charge is 2.14. The van der Waals surface area contributed by atoms with E-state index in [0.29, 0.717) is 0 Å². The van der Waals surface area contributed by atoms with Crippen molar-refractivity contribution >= 4 is 21.6 Å². The predicted octanol–water partition coefficient (Wildman–Crippen LogP) is 6.31. The maximum absolute atomic E-state index is 2.15. The van der Waals surface area contributed by atoms with Gasteiger partial charge in [-0.2, -0.15) is 0 Å². The average Bonchev–Trinajstić information content (AvgIpc) is 2.45. The Bertz CT molecular complexity index is 171. The van der Waals surface area contributed by atoms with Gasteiger partial charge in [-0.15, -0.1) is 0 Å². The van der Waals surface area contributed by atoms with Crippen LogP contribution in [-0.2, 0) is 0 Å². The van der Waals surface area contributed by atoms with Crippen LogP contribution in [0.3, 0.4) is 0 Å². The Kier molecular flexibility index (Phi) is 8.03. The van der Waals surface area contributed by atoms with E-state index in [1.165, 1.54) is 88.6 Å². The fourth-order valence-corrected chi connectivity index (χ4v) is 5.88. The molecule has 0 aromatic carbocycles. The zero-order valence-corrected chi connectivity index (χ0v) is 13.5. The summed E-state index contributed by atoms with van der Waals surface area (Å²) in [6.07, 6.45) is 18.1. The lowest BCUT2D eigenvalue weighted by Gasteiger charge is -2.21. The maximum Gasteiger partial charge on any atom is 0.00395 e. The van der Waals surface area contributed by atoms with Crippen LogP contribution < -0.4 is 0 Å². The van der Waals surface area contributed by atoms with Crippen LogP contribution >= 0.6 is 21.6 Å². The number of rotatable bonds is 7. The van der Waals surface area contributed by atoms with Crippen molar-refractivity contribution in [2.24, 2.45) is 11.8 Å². The van der Waals surface area contributed by atoms with E-state index in [-0.39, 0.29) is 0 Å². The van der Waals surface area contributed by atoms with Crippen molar-refractivity contribution < 1.29 is 0 Å². The predicted molar refractivity (Wildman–Crippen MR) is 87.3 cm³/mol. The van der Waals surface area contributed by atoms with Gasteiger partial charge in [0.15, 0.2) is 0 Å². The van der Waals surface area contributed by atoms with Gasteiger partial charge in [0.25, 0.3) is 0 Å². The van der Waals surface area contributed by atoms with Crippen molar-refractivity contribution in [3.8, 4) is 0 Å². The summed E-state index contributed by atoms with van der Waals surface area (Å²) in [4.78, 5) is 0. The molecule has 0 aliphatic heterocycles. The van der Waals surface area contributed by atoms with Gasteiger partial charge in [-0.05, 0) is 24.7 Å². The van der Waals surface area contributed by atoms with Crippen LogP contribution in [0.4, 0.5) is 0 Å². The molecule has 106 valence electrons. The molecule has 0 saturated heterocycles. The standard InChI is InChI=1S/C16H30S2/c1-3-7-15(8-4-1)11-13-17-18-14-12-16-9-5-2-6-10-16/h15-16H,1-14H2. The second-order valence-corrected chi connectivity index (χ2v) is 8.93. The molecule has 2 heteroatoms. The first-order chi connectivity index (χ1) is 8.95. The molecule has 2 aliphatic rings. The van der Waals surface area contributed by atoms with E-state index in [1.54, 1.807) is 0 Å². The van der Waals surface area contributed by atoms with E-state index in [9.17, 15) is 0 Å². The molecule has 0 unspecified atom stereocenters. The van der Waals surface area contributed by atoms with Gasteiger partial charge in [-0.3, -0.25) is 0 Å². The van der Waals surface area contributed by atoms with Gasteiger partial charge in [-0.25, -0.2) is 0 Å². The molecule has 18 heavy (non-hydrogen) atoms. The van der Waals surface area contributed by atoms with Gasteiger partial charge in [0.05, 0.1) is 0 Å². The Morgan fingerprint density at radius 2 is 0.944 bits per heavy atom. The van der Waals surface area contributed by atoms with Crippen LogP contribution in [0, 0.1) is 11.8 Å². The highest BCUT2D eigenvalue weighted by molar-refractivity contribution is 8.76. The molecule has 0 nitrogen and oxygen atoms in total. The van der Waals surface area contributed by atoms with Crippen molar-refractivity contribution in [3.63, 3.8) is 0 Å². The third-order valence-corrected chi connectivity index (χ3v) is 7.22. The first-order valence-electron chi connectivity index (χ1n) is 8.19. The maximum atomic E-state index is 2.15. The monoisotopic (exact) mass is 286 g/mol. The Labute approximate surface area is 122 Å². The van der Waals surface area contributed by atoms with Gasteiger partial charge in [-0.1, -0.05) is 85.8 Å². The van der Waals surface area contributed by atoms with Crippen LogP contribution in [0.1, 0.15) is 77.0 Å². The molecule has 2 aliphatic carbocycles. The smallest absolute Gasteiger partial charge is 0.00395 e. The number of hydrogen-bond donors (Lipinski definition) is 0. The number of hydrogen-bond acceptors (Lipinski definition) is 2. The highest BCUT2D eigenvalue weighted by atomic mass is 33.1. The van der Waals surface area contributed by atoms with Crippen molar-refractivity contribution in [1.82, 2.24) is 0 Å². The first kappa shape index (κ1) is 15.1. The molecule has 0 N–H and O–H groups in total. The normalized spacial score (nSPS) is 23.3. The lowest BCUT2D eigenvalue weighted by atomic mass is 9.88. The zero-order valence-electron chi connectivity index (χ0n) is 11.9. The molecular weight excluding hydrogens is 256 g/mol. The Hall–Kier alpha value is 0.700. The molecule has 2 rings (SSSR count). The van der Waals surface area contributed by atoms with Gasteiger partial charge < -0.3 is 0 Å². The summed E-state index contributed by atoms with van der Waals surface area (Å²) >= 11 is 0. The van der Waals surface area contributed by atoms with Crippen molar-refractivity contribution in [3.05, 3.63) is 0 Å². The lowest BCUT2D eigenvalue weighted by molar-refractivity contribution is 0.351. The zero-order chi connectivity index (χ0) is 12.5. The molecule has 0 atom stereocenters. The summed E-state index contributed by atoms with van der Waals surface area (Å²) in [5.41, 5.74) is 0. The molecule has 0 bridgehead atoms. The minimum absolute atomic E-state index is 1.07. The largest absolute Gasteiger partial charge is 0.0941 e. The van der Waals surface area contributed by atoms with Crippen LogP contribution in [-0.4, -0.2) is 11.5 Å². The van der Waals surface area contributed by atoms with E-state index in [2.05, 4.69) is 21.6 Å². The molecule has 0 radical (unpaired) electrons. The summed E-state index contributed by atoms with van der Waals surface area (Å²) < 4.78 is 0. The summed E-state index contributed by atoms with van der Waals surface area (Å²) in [5, 5.41) is 0. The molecule has 0 amide bonds. The third kappa shape index (κ3) is 6.23. The Morgan fingerprint density at radius 1 is 0.556 bits per heavy atom. The molecule has 2 fully saturated rings. The summed E-state index contributed by atoms with van der Waals surface area (Å²) in [5.74, 6) is 4.95. The molecule has 2 saturated carbocycles. The Morgan fingerprint density at radius 3 is 1.33 bits per heavy atom. The van der Waals surface area contributed by atoms with E-state index in [4.69, 9.17) is 0 Å². The Balaban J connectivity index is 1.39. The summed E-state index contributed by atoms with van der Waals surface area (Å²) in [6.45, 7) is 0. The van der Waals surface area contributed by atoms with Crippen molar-refractivity contribution in [1.29, 1.82) is 0 Å². The SMILES string of the molecule is C1CCC(CCSSCCC2CCCCC2)CC1. The van der Waals surface area contributed by atoms with Gasteiger partial charge in [0, 0.05) is 11.5 Å². The van der Waals surface area contributed by atoms with E-state index >= 15 is 0 Å². The molecular formula is C16H30S2. The first-order valence-corrected chi connectivity index (χ1v) is 10.7. The highest BCUT2D eigenvalue weighted by Crippen LogP contribution is 2.33. The van der Waals surface area contributed by atoms with E-state index < -0.39 is 0 Å². The second kappa shape index (κ2) is 9.58. The van der Waals surface area contributed by atoms with Gasteiger partial charge >= 0.3 is 0 Å². The molecule has 0 aromatic rings. The lowest BCUT2D eigenvalue weighted by Crippen LogP contribution is -2.07. The van der Waals surface area contributed by atoms with Crippen LogP contribution in [0.2, 0.25) is 0 Å².